The fourth-order valence-corrected chi connectivity index (χ4v) is 4.08. The number of anilines is 1. The van der Waals surface area contributed by atoms with Crippen molar-refractivity contribution in [1.29, 1.82) is 0 Å². The summed E-state index contributed by atoms with van der Waals surface area (Å²) in [5.74, 6) is -0.785. The molecule has 3 rings (SSSR count). The number of benzene rings is 2. The van der Waals surface area contributed by atoms with Crippen molar-refractivity contribution in [3.63, 3.8) is 0 Å². The maximum atomic E-state index is 13.3. The molecule has 0 unspecified atom stereocenters. The fraction of sp³-hybridized carbons (Fsp3) is 0.348. The highest BCUT2D eigenvalue weighted by atomic mass is 16.2. The summed E-state index contributed by atoms with van der Waals surface area (Å²) in [7, 11) is 0. The van der Waals surface area contributed by atoms with Crippen LogP contribution in [0, 0.1) is 20.8 Å². The molecule has 2 aromatic rings. The lowest BCUT2D eigenvalue weighted by Crippen LogP contribution is -2.44. The van der Waals surface area contributed by atoms with Gasteiger partial charge in [-0.2, -0.15) is 0 Å². The van der Waals surface area contributed by atoms with Crippen LogP contribution < -0.4 is 10.6 Å². The Labute approximate surface area is 171 Å². The van der Waals surface area contributed by atoms with Gasteiger partial charge in [0.1, 0.15) is 12.1 Å². The molecule has 1 aliphatic heterocycles. The van der Waals surface area contributed by atoms with Gasteiger partial charge in [0.25, 0.3) is 5.91 Å². The normalized spacial score (nSPS) is 18.7. The van der Waals surface area contributed by atoms with Crippen molar-refractivity contribution in [1.82, 2.24) is 10.2 Å². The van der Waals surface area contributed by atoms with Gasteiger partial charge in [-0.15, -0.1) is 0 Å². The summed E-state index contributed by atoms with van der Waals surface area (Å²) in [4.78, 5) is 39.6. The Kier molecular flexibility index (Phi) is 5.73. The average Bonchev–Trinajstić information content (AvgIpc) is 2.91. The van der Waals surface area contributed by atoms with Crippen molar-refractivity contribution in [2.24, 2.45) is 0 Å². The monoisotopic (exact) mass is 393 g/mol. The Morgan fingerprint density at radius 1 is 1.07 bits per heavy atom. The summed E-state index contributed by atoms with van der Waals surface area (Å²) < 4.78 is 0. The van der Waals surface area contributed by atoms with Gasteiger partial charge in [0, 0.05) is 5.69 Å². The van der Waals surface area contributed by atoms with Gasteiger partial charge in [0.05, 0.1) is 0 Å². The second-order valence-electron chi connectivity index (χ2n) is 7.66. The summed E-state index contributed by atoms with van der Waals surface area (Å²) in [5, 5.41) is 5.70. The topological polar surface area (TPSA) is 78.5 Å². The smallest absolute Gasteiger partial charge is 0.324 e. The molecule has 0 bridgehead atoms. The molecule has 2 N–H and O–H groups in total. The number of nitrogens with zero attached hydrogens (tertiary/aromatic N) is 1. The first-order chi connectivity index (χ1) is 13.8. The summed E-state index contributed by atoms with van der Waals surface area (Å²) >= 11 is 0. The van der Waals surface area contributed by atoms with E-state index in [9.17, 15) is 14.4 Å². The van der Waals surface area contributed by atoms with Gasteiger partial charge in [0.15, 0.2) is 0 Å². The van der Waals surface area contributed by atoms with E-state index in [0.717, 1.165) is 32.8 Å². The van der Waals surface area contributed by atoms with Crippen molar-refractivity contribution in [3.8, 4) is 0 Å². The molecule has 0 aromatic heterocycles. The Hall–Kier alpha value is -3.15. The number of carbonyl (C=O) groups is 3. The van der Waals surface area contributed by atoms with Crippen molar-refractivity contribution in [2.45, 2.75) is 46.1 Å². The summed E-state index contributed by atoms with van der Waals surface area (Å²) in [5.41, 5.74) is 3.32. The van der Waals surface area contributed by atoms with Gasteiger partial charge in [-0.05, 0) is 43.9 Å². The molecule has 2 aromatic carbocycles. The van der Waals surface area contributed by atoms with E-state index in [1.54, 1.807) is 0 Å². The fourth-order valence-electron chi connectivity index (χ4n) is 4.08. The number of carbonyl (C=O) groups excluding carboxylic acids is 3. The highest BCUT2D eigenvalue weighted by Crippen LogP contribution is 2.33. The molecule has 29 heavy (non-hydrogen) atoms. The molecule has 1 atom stereocenters. The third-order valence-corrected chi connectivity index (χ3v) is 5.31. The molecule has 0 saturated carbocycles. The van der Waals surface area contributed by atoms with E-state index in [1.165, 1.54) is 0 Å². The first-order valence-electron chi connectivity index (χ1n) is 9.86. The standard InChI is InChI=1S/C23H27N3O3/c1-5-11-23(18-9-7-6-8-10-18)21(28)26(22(29)25-23)14-19(27)24-20-16(3)12-15(2)13-17(20)4/h6-10,12-13H,5,11,14H2,1-4H3,(H,24,27)(H,25,29)/t23-/m0/s1. The van der Waals surface area contributed by atoms with Crippen LogP contribution in [0.15, 0.2) is 42.5 Å². The molecule has 0 aliphatic carbocycles. The second kappa shape index (κ2) is 8.07. The van der Waals surface area contributed by atoms with Gasteiger partial charge >= 0.3 is 6.03 Å². The number of imide groups is 1. The molecular weight excluding hydrogens is 366 g/mol. The Balaban J connectivity index is 1.82. The van der Waals surface area contributed by atoms with Gasteiger partial charge < -0.3 is 10.6 Å². The summed E-state index contributed by atoms with van der Waals surface area (Å²) in [6.07, 6.45) is 1.18. The zero-order valence-electron chi connectivity index (χ0n) is 17.3. The number of rotatable bonds is 6. The molecule has 0 radical (unpaired) electrons. The van der Waals surface area contributed by atoms with E-state index in [2.05, 4.69) is 10.6 Å². The highest BCUT2D eigenvalue weighted by Gasteiger charge is 2.52. The van der Waals surface area contributed by atoms with Gasteiger partial charge in [-0.1, -0.05) is 61.4 Å². The number of urea groups is 1. The number of hydrogen-bond donors (Lipinski definition) is 2. The maximum Gasteiger partial charge on any atom is 0.325 e. The number of aryl methyl sites for hydroxylation is 3. The lowest BCUT2D eigenvalue weighted by atomic mass is 9.85. The van der Waals surface area contributed by atoms with E-state index in [1.807, 2.05) is 70.2 Å². The van der Waals surface area contributed by atoms with E-state index < -0.39 is 17.5 Å². The van der Waals surface area contributed by atoms with E-state index in [0.29, 0.717) is 12.8 Å². The molecule has 1 aliphatic rings. The van der Waals surface area contributed by atoms with E-state index in [-0.39, 0.29) is 12.5 Å². The van der Waals surface area contributed by atoms with Crippen molar-refractivity contribution in [3.05, 3.63) is 64.7 Å². The van der Waals surface area contributed by atoms with Crippen molar-refractivity contribution >= 4 is 23.5 Å². The molecule has 6 heteroatoms. The van der Waals surface area contributed by atoms with Crippen LogP contribution in [0.4, 0.5) is 10.5 Å². The average molecular weight is 393 g/mol. The van der Waals surface area contributed by atoms with Crippen LogP contribution in [0.2, 0.25) is 0 Å². The van der Waals surface area contributed by atoms with Crippen LogP contribution in [0.1, 0.15) is 42.0 Å². The molecule has 6 nitrogen and oxygen atoms in total. The largest absolute Gasteiger partial charge is 0.325 e. The van der Waals surface area contributed by atoms with Crippen molar-refractivity contribution < 1.29 is 14.4 Å². The van der Waals surface area contributed by atoms with Crippen LogP contribution in [-0.4, -0.2) is 29.3 Å². The molecule has 1 saturated heterocycles. The molecular formula is C23H27N3O3. The Morgan fingerprint density at radius 3 is 2.28 bits per heavy atom. The molecule has 1 heterocycles. The van der Waals surface area contributed by atoms with Gasteiger partial charge in [-0.3, -0.25) is 14.5 Å². The van der Waals surface area contributed by atoms with Crippen molar-refractivity contribution in [2.75, 3.05) is 11.9 Å². The van der Waals surface area contributed by atoms with Gasteiger partial charge in [0.2, 0.25) is 5.91 Å². The molecule has 1 fully saturated rings. The lowest BCUT2D eigenvalue weighted by molar-refractivity contribution is -0.134. The van der Waals surface area contributed by atoms with Crippen LogP contribution in [-0.2, 0) is 15.1 Å². The first-order valence-corrected chi connectivity index (χ1v) is 9.86. The van der Waals surface area contributed by atoms with Crippen LogP contribution in [0.3, 0.4) is 0 Å². The summed E-state index contributed by atoms with van der Waals surface area (Å²) in [6, 6.07) is 12.6. The molecule has 0 spiro atoms. The Morgan fingerprint density at radius 2 is 1.69 bits per heavy atom. The number of nitrogens with one attached hydrogen (secondary N) is 2. The molecule has 4 amide bonds. The summed E-state index contributed by atoms with van der Waals surface area (Å²) in [6.45, 7) is 7.48. The van der Waals surface area contributed by atoms with E-state index in [4.69, 9.17) is 0 Å². The van der Waals surface area contributed by atoms with E-state index >= 15 is 0 Å². The van der Waals surface area contributed by atoms with Crippen LogP contribution in [0.25, 0.3) is 0 Å². The minimum absolute atomic E-state index is 0.324. The number of hydrogen-bond acceptors (Lipinski definition) is 3. The highest BCUT2D eigenvalue weighted by molar-refractivity contribution is 6.10. The quantitative estimate of drug-likeness (QED) is 0.733. The van der Waals surface area contributed by atoms with Crippen LogP contribution >= 0.6 is 0 Å². The van der Waals surface area contributed by atoms with Crippen LogP contribution in [0.5, 0.6) is 0 Å². The third-order valence-electron chi connectivity index (χ3n) is 5.31. The Bertz CT molecular complexity index is 932. The minimum Gasteiger partial charge on any atom is -0.324 e. The SMILES string of the molecule is CCC[C@@]1(c2ccccc2)NC(=O)N(CC(=O)Nc2c(C)cc(C)cc2C)C1=O. The first kappa shape index (κ1) is 20.6. The predicted molar refractivity (Wildman–Crippen MR) is 113 cm³/mol. The maximum absolute atomic E-state index is 13.3. The number of amides is 4. The zero-order chi connectivity index (χ0) is 21.2. The lowest BCUT2D eigenvalue weighted by Gasteiger charge is -2.26. The third kappa shape index (κ3) is 3.88. The zero-order valence-corrected chi connectivity index (χ0v) is 17.3. The second-order valence-corrected chi connectivity index (χ2v) is 7.66. The minimum atomic E-state index is -1.12. The predicted octanol–water partition coefficient (Wildman–Crippen LogP) is 3.80. The van der Waals surface area contributed by atoms with Gasteiger partial charge in [-0.25, -0.2) is 4.79 Å². The molecule has 152 valence electrons.